The second-order valence-corrected chi connectivity index (χ2v) is 10.3. The van der Waals surface area contributed by atoms with E-state index in [1.807, 2.05) is 4.72 Å². The van der Waals surface area contributed by atoms with Gasteiger partial charge in [0, 0.05) is 12.7 Å². The van der Waals surface area contributed by atoms with Crippen molar-refractivity contribution in [2.24, 2.45) is 0 Å². The third-order valence-corrected chi connectivity index (χ3v) is 7.52. The summed E-state index contributed by atoms with van der Waals surface area (Å²) >= 11 is 0. The first kappa shape index (κ1) is 24.6. The van der Waals surface area contributed by atoms with Crippen molar-refractivity contribution in [3.05, 3.63) is 30.1 Å². The van der Waals surface area contributed by atoms with Gasteiger partial charge in [-0.05, 0) is 25.1 Å². The Balaban J connectivity index is 2.05. The van der Waals surface area contributed by atoms with Gasteiger partial charge in [0.15, 0.2) is 0 Å². The normalized spacial score (nSPS) is 16.4. The molecule has 0 spiro atoms. The molecule has 13 nitrogen and oxygen atoms in total. The molecule has 0 saturated carbocycles. The van der Waals surface area contributed by atoms with Crippen LogP contribution in [0.4, 0.5) is 25.0 Å². The molecule has 1 aliphatic heterocycles. The van der Waals surface area contributed by atoms with Crippen molar-refractivity contribution in [1.82, 2.24) is 19.2 Å². The number of sulfonamides is 1. The highest BCUT2D eigenvalue weighted by Gasteiger charge is 2.37. The summed E-state index contributed by atoms with van der Waals surface area (Å²) < 4.78 is 87.3. The molecular formula is C16H20F2N6O7S2. The number of aryl methyl sites for hydroxylation is 1. The summed E-state index contributed by atoms with van der Waals surface area (Å²) in [5.41, 5.74) is -0.229. The lowest BCUT2D eigenvalue weighted by atomic mass is 10.2. The number of aromatic nitrogens is 2. The number of rotatable bonds is 8. The molecular weight excluding hydrogens is 490 g/mol. The fraction of sp³-hybridized carbons (Fsp3) is 0.375. The van der Waals surface area contributed by atoms with E-state index < -0.39 is 50.4 Å². The number of alkyl halides is 2. The number of ether oxygens (including phenoxy) is 1. The Bertz CT molecular complexity index is 1270. The molecule has 33 heavy (non-hydrogen) atoms. The molecule has 1 aromatic carbocycles. The van der Waals surface area contributed by atoms with E-state index in [9.17, 15) is 30.4 Å². The van der Waals surface area contributed by atoms with Gasteiger partial charge in [-0.3, -0.25) is 9.62 Å². The number of hydrogen-bond donors (Lipinski definition) is 4. The summed E-state index contributed by atoms with van der Waals surface area (Å²) in [6, 6.07) is 3.82. The van der Waals surface area contributed by atoms with E-state index in [1.165, 1.54) is 32.2 Å². The predicted octanol–water partition coefficient (Wildman–Crippen LogP) is 0.687. The first-order chi connectivity index (χ1) is 15.3. The number of halogens is 2. The van der Waals surface area contributed by atoms with Gasteiger partial charge in [0.1, 0.15) is 16.7 Å². The van der Waals surface area contributed by atoms with Crippen LogP contribution in [0.5, 0.6) is 5.75 Å². The van der Waals surface area contributed by atoms with E-state index in [4.69, 9.17) is 9.84 Å². The number of hydrogen-bond acceptors (Lipinski definition) is 7. The lowest BCUT2D eigenvalue weighted by Gasteiger charge is -2.35. The minimum absolute atomic E-state index is 0.00771. The van der Waals surface area contributed by atoms with E-state index in [0.29, 0.717) is 6.20 Å². The van der Waals surface area contributed by atoms with Gasteiger partial charge in [-0.1, -0.05) is 0 Å². The van der Waals surface area contributed by atoms with Gasteiger partial charge < -0.3 is 9.84 Å². The van der Waals surface area contributed by atoms with Crippen LogP contribution in [0.1, 0.15) is 12.2 Å². The fourth-order valence-electron chi connectivity index (χ4n) is 3.06. The van der Waals surface area contributed by atoms with Crippen molar-refractivity contribution < 1.29 is 40.3 Å². The molecule has 182 valence electrons. The van der Waals surface area contributed by atoms with Crippen LogP contribution < -0.4 is 23.8 Å². The van der Waals surface area contributed by atoms with Crippen molar-refractivity contribution >= 4 is 37.7 Å². The average molecular weight is 511 g/mol. The summed E-state index contributed by atoms with van der Waals surface area (Å²) in [7, 11) is -7.16. The van der Waals surface area contributed by atoms with Crippen molar-refractivity contribution in [2.45, 2.75) is 24.5 Å². The van der Waals surface area contributed by atoms with Crippen molar-refractivity contribution in [1.29, 1.82) is 0 Å². The molecule has 0 aliphatic carbocycles. The number of nitrogens with zero attached hydrogens (tertiary/aromatic N) is 3. The number of fused-ring (bicyclic) bond motifs is 1. The summed E-state index contributed by atoms with van der Waals surface area (Å²) in [6.07, 6.45) is -1.71. The first-order valence-corrected chi connectivity index (χ1v) is 12.1. The monoisotopic (exact) mass is 510 g/mol. The van der Waals surface area contributed by atoms with E-state index in [1.54, 1.807) is 0 Å². The molecule has 1 aliphatic rings. The Kier molecular flexibility index (Phi) is 6.78. The smallest absolute Gasteiger partial charge is 0.409 e. The van der Waals surface area contributed by atoms with Crippen LogP contribution in [0.15, 0.2) is 29.3 Å². The van der Waals surface area contributed by atoms with E-state index in [0.717, 1.165) is 4.31 Å². The highest BCUT2D eigenvalue weighted by atomic mass is 32.2. The Hall–Kier alpha value is -3.02. The van der Waals surface area contributed by atoms with Gasteiger partial charge >= 0.3 is 12.6 Å². The predicted molar refractivity (Wildman–Crippen MR) is 111 cm³/mol. The molecule has 2 aromatic rings. The van der Waals surface area contributed by atoms with E-state index in [2.05, 4.69) is 15.1 Å². The molecule has 0 radical (unpaired) electrons. The average Bonchev–Trinajstić information content (AvgIpc) is 3.14. The van der Waals surface area contributed by atoms with Gasteiger partial charge in [-0.2, -0.15) is 27.0 Å². The molecule has 0 saturated heterocycles. The SMILES string of the molecule is CNS(=O)(=O)NCC1CN(S(=O)(=O)c2cn(C(F)F)nc2C)c2cc(NC(=O)O)ccc2O1. The molecule has 17 heteroatoms. The number of amides is 1. The van der Waals surface area contributed by atoms with Gasteiger partial charge in [0.05, 0.1) is 30.7 Å². The number of benzene rings is 1. The topological polar surface area (TPSA) is 172 Å². The summed E-state index contributed by atoms with van der Waals surface area (Å²) in [5, 5.41) is 14.6. The van der Waals surface area contributed by atoms with Crippen LogP contribution in [-0.2, 0) is 20.2 Å². The van der Waals surface area contributed by atoms with Crippen molar-refractivity contribution in [3.8, 4) is 5.75 Å². The maximum atomic E-state index is 13.4. The number of nitrogens with one attached hydrogen (secondary N) is 3. The zero-order chi connectivity index (χ0) is 24.6. The van der Waals surface area contributed by atoms with E-state index >= 15 is 0 Å². The minimum Gasteiger partial charge on any atom is -0.485 e. The van der Waals surface area contributed by atoms with Crippen molar-refractivity contribution in [2.75, 3.05) is 29.8 Å². The quantitative estimate of drug-likeness (QED) is 0.401. The Morgan fingerprint density at radius 1 is 1.33 bits per heavy atom. The van der Waals surface area contributed by atoms with E-state index in [-0.39, 0.29) is 34.0 Å². The Labute approximate surface area is 187 Å². The summed E-state index contributed by atoms with van der Waals surface area (Å²) in [4.78, 5) is 10.5. The highest BCUT2D eigenvalue weighted by Crippen LogP contribution is 2.39. The number of anilines is 2. The van der Waals surface area contributed by atoms with Crippen LogP contribution in [0, 0.1) is 6.92 Å². The molecule has 1 amide bonds. The zero-order valence-corrected chi connectivity index (χ0v) is 18.8. The lowest BCUT2D eigenvalue weighted by Crippen LogP contribution is -2.49. The summed E-state index contributed by atoms with van der Waals surface area (Å²) in [5.74, 6) is 0.00771. The molecule has 1 unspecified atom stereocenters. The first-order valence-electron chi connectivity index (χ1n) is 9.19. The molecule has 0 bridgehead atoms. The number of carbonyl (C=O) groups is 1. The van der Waals surface area contributed by atoms with Gasteiger partial charge in [0.2, 0.25) is 0 Å². The van der Waals surface area contributed by atoms with Crippen LogP contribution in [0.25, 0.3) is 0 Å². The molecule has 1 atom stereocenters. The second-order valence-electron chi connectivity index (χ2n) is 6.78. The lowest BCUT2D eigenvalue weighted by molar-refractivity contribution is 0.0561. The highest BCUT2D eigenvalue weighted by molar-refractivity contribution is 7.93. The number of carboxylic acid groups (broad SMARTS) is 1. The fourth-order valence-corrected chi connectivity index (χ4v) is 5.27. The minimum atomic E-state index is -4.49. The van der Waals surface area contributed by atoms with Gasteiger partial charge in [-0.15, -0.1) is 0 Å². The van der Waals surface area contributed by atoms with Crippen molar-refractivity contribution in [3.63, 3.8) is 0 Å². The van der Waals surface area contributed by atoms with Crippen LogP contribution in [0.2, 0.25) is 0 Å². The molecule has 4 N–H and O–H groups in total. The van der Waals surface area contributed by atoms with Crippen LogP contribution in [0.3, 0.4) is 0 Å². The molecule has 3 rings (SSSR count). The van der Waals surface area contributed by atoms with Gasteiger partial charge in [-0.25, -0.2) is 22.6 Å². The Morgan fingerprint density at radius 3 is 2.61 bits per heavy atom. The second kappa shape index (κ2) is 9.08. The molecule has 2 heterocycles. The largest absolute Gasteiger partial charge is 0.485 e. The molecule has 1 aromatic heterocycles. The third kappa shape index (κ3) is 5.32. The molecule has 0 fully saturated rings. The van der Waals surface area contributed by atoms with Crippen LogP contribution >= 0.6 is 0 Å². The maximum Gasteiger partial charge on any atom is 0.409 e. The zero-order valence-electron chi connectivity index (χ0n) is 17.2. The Morgan fingerprint density at radius 2 is 2.03 bits per heavy atom. The third-order valence-electron chi connectivity index (χ3n) is 4.55. The standard InChI is InChI=1S/C16H20F2N6O7S2/c1-9-14(8-23(22-9)15(17)18)32(27,28)24-7-11(6-20-33(29,30)19-2)31-13-4-3-10(5-12(13)24)21-16(25)26/h3-5,8,11,15,19-21H,6-7H2,1-2H3,(H,25,26). The van der Waals surface area contributed by atoms with Crippen LogP contribution in [-0.4, -0.2) is 64.1 Å². The summed E-state index contributed by atoms with van der Waals surface area (Å²) in [6.45, 7) is -2.55. The maximum absolute atomic E-state index is 13.4. The van der Waals surface area contributed by atoms with Gasteiger partial charge in [0.25, 0.3) is 20.2 Å².